The molecule has 0 saturated carbocycles. The normalized spacial score (nSPS) is 10.4. The van der Waals surface area contributed by atoms with Crippen LogP contribution in [0.25, 0.3) is 0 Å². The number of phenolic OH excluding ortho intramolecular Hbond substituents is 1. The van der Waals surface area contributed by atoms with Crippen LogP contribution < -0.4 is 10.2 Å². The van der Waals surface area contributed by atoms with Crippen molar-refractivity contribution in [3.8, 4) is 11.6 Å². The maximum absolute atomic E-state index is 11.7. The molecule has 7 heteroatoms. The Morgan fingerprint density at radius 3 is 2.95 bits per heavy atom. The fraction of sp³-hybridized carbons (Fsp3) is 0.0769. The number of nitrogens with one attached hydrogen (secondary N) is 1. The van der Waals surface area contributed by atoms with E-state index in [9.17, 15) is 9.90 Å². The maximum atomic E-state index is 11.7. The second kappa shape index (κ2) is 6.28. The lowest BCUT2D eigenvalue weighted by atomic mass is 10.2. The number of aromatic nitrogens is 2. The number of ether oxygens (including phenoxy) is 1. The summed E-state index contributed by atoms with van der Waals surface area (Å²) >= 11 is 0. The third-order valence-corrected chi connectivity index (χ3v) is 2.36. The number of hydrazone groups is 1. The van der Waals surface area contributed by atoms with Gasteiger partial charge < -0.3 is 9.84 Å². The molecule has 102 valence electrons. The molecule has 0 saturated heterocycles. The fourth-order valence-electron chi connectivity index (χ4n) is 1.37. The summed E-state index contributed by atoms with van der Waals surface area (Å²) in [4.78, 5) is 19.5. The number of amides is 1. The molecular weight excluding hydrogens is 260 g/mol. The lowest BCUT2D eigenvalue weighted by Gasteiger charge is -2.01. The molecule has 0 aliphatic carbocycles. The molecule has 1 aromatic carbocycles. The second-order valence-electron chi connectivity index (χ2n) is 3.70. The van der Waals surface area contributed by atoms with Gasteiger partial charge in [-0.1, -0.05) is 12.1 Å². The first-order valence-electron chi connectivity index (χ1n) is 5.68. The van der Waals surface area contributed by atoms with Crippen molar-refractivity contribution in [2.24, 2.45) is 5.10 Å². The average molecular weight is 272 g/mol. The first-order valence-corrected chi connectivity index (χ1v) is 5.68. The van der Waals surface area contributed by atoms with E-state index in [2.05, 4.69) is 20.5 Å². The zero-order valence-corrected chi connectivity index (χ0v) is 10.6. The summed E-state index contributed by atoms with van der Waals surface area (Å²) in [6.07, 6.45) is 4.02. The van der Waals surface area contributed by atoms with Crippen molar-refractivity contribution in [1.82, 2.24) is 15.4 Å². The fourth-order valence-corrected chi connectivity index (χ4v) is 1.37. The standard InChI is InChI=1S/C13H12N4O3/c1-20-12-8-14-7-10(16-12)13(19)17-15-6-9-4-2-3-5-11(9)18/h2-8,18H,1H3,(H,17,19). The van der Waals surface area contributed by atoms with Gasteiger partial charge in [0.15, 0.2) is 5.69 Å². The molecule has 1 aromatic heterocycles. The number of hydrogen-bond donors (Lipinski definition) is 2. The van der Waals surface area contributed by atoms with Crippen LogP contribution in [0, 0.1) is 0 Å². The molecule has 7 nitrogen and oxygen atoms in total. The summed E-state index contributed by atoms with van der Waals surface area (Å²) in [6, 6.07) is 6.63. The van der Waals surface area contributed by atoms with Gasteiger partial charge in [0.1, 0.15) is 5.75 Å². The van der Waals surface area contributed by atoms with Crippen molar-refractivity contribution < 1.29 is 14.6 Å². The number of carbonyl (C=O) groups excluding carboxylic acids is 1. The molecule has 20 heavy (non-hydrogen) atoms. The van der Waals surface area contributed by atoms with Crippen LogP contribution in [0.15, 0.2) is 41.8 Å². The zero-order chi connectivity index (χ0) is 14.4. The number of benzene rings is 1. The van der Waals surface area contributed by atoms with Crippen LogP contribution in [-0.2, 0) is 0 Å². The van der Waals surface area contributed by atoms with Crippen molar-refractivity contribution in [1.29, 1.82) is 0 Å². The molecule has 1 heterocycles. The Morgan fingerprint density at radius 2 is 2.20 bits per heavy atom. The van der Waals surface area contributed by atoms with Gasteiger partial charge in [-0.05, 0) is 12.1 Å². The van der Waals surface area contributed by atoms with E-state index in [1.807, 2.05) is 0 Å². The number of rotatable bonds is 4. The summed E-state index contributed by atoms with van der Waals surface area (Å²) < 4.78 is 4.87. The minimum absolute atomic E-state index is 0.0756. The Kier molecular flexibility index (Phi) is 4.23. The highest BCUT2D eigenvalue weighted by atomic mass is 16.5. The molecule has 0 aliphatic rings. The molecule has 2 N–H and O–H groups in total. The minimum atomic E-state index is -0.525. The van der Waals surface area contributed by atoms with Gasteiger partial charge >= 0.3 is 0 Å². The van der Waals surface area contributed by atoms with Crippen LogP contribution in [0.3, 0.4) is 0 Å². The van der Waals surface area contributed by atoms with Crippen LogP contribution in [0.2, 0.25) is 0 Å². The van der Waals surface area contributed by atoms with Gasteiger partial charge in [0.2, 0.25) is 5.88 Å². The summed E-state index contributed by atoms with van der Waals surface area (Å²) in [7, 11) is 1.43. The molecule has 0 fully saturated rings. The second-order valence-corrected chi connectivity index (χ2v) is 3.70. The summed E-state index contributed by atoms with van der Waals surface area (Å²) in [5.74, 6) is -0.211. The Hall–Kier alpha value is -2.96. The highest BCUT2D eigenvalue weighted by Crippen LogP contribution is 2.12. The molecule has 0 bridgehead atoms. The van der Waals surface area contributed by atoms with Gasteiger partial charge in [-0.15, -0.1) is 0 Å². The number of hydrogen-bond acceptors (Lipinski definition) is 6. The van der Waals surface area contributed by atoms with Gasteiger partial charge in [-0.3, -0.25) is 9.78 Å². The van der Waals surface area contributed by atoms with E-state index in [0.717, 1.165) is 0 Å². The maximum Gasteiger partial charge on any atom is 0.291 e. The van der Waals surface area contributed by atoms with E-state index >= 15 is 0 Å². The highest BCUT2D eigenvalue weighted by Gasteiger charge is 2.07. The number of methoxy groups -OCH3 is 1. The Bertz CT molecular complexity index is 643. The molecule has 0 spiro atoms. The van der Waals surface area contributed by atoms with E-state index in [1.54, 1.807) is 18.2 Å². The zero-order valence-electron chi connectivity index (χ0n) is 10.6. The van der Waals surface area contributed by atoms with Crippen molar-refractivity contribution in [2.45, 2.75) is 0 Å². The lowest BCUT2D eigenvalue weighted by Crippen LogP contribution is -2.19. The minimum Gasteiger partial charge on any atom is -0.507 e. The van der Waals surface area contributed by atoms with Crippen molar-refractivity contribution in [2.75, 3.05) is 7.11 Å². The van der Waals surface area contributed by atoms with Gasteiger partial charge in [0.25, 0.3) is 5.91 Å². The highest BCUT2D eigenvalue weighted by molar-refractivity contribution is 5.93. The van der Waals surface area contributed by atoms with Crippen LogP contribution in [0.1, 0.15) is 16.1 Å². The molecule has 2 aromatic rings. The number of carbonyl (C=O) groups is 1. The van der Waals surface area contributed by atoms with E-state index in [4.69, 9.17) is 4.74 Å². The smallest absolute Gasteiger partial charge is 0.291 e. The number of nitrogens with zero attached hydrogens (tertiary/aromatic N) is 3. The SMILES string of the molecule is COc1cncc(C(=O)NN=Cc2ccccc2O)n1. The Labute approximate surface area is 115 Å². The number of aromatic hydroxyl groups is 1. The molecule has 0 unspecified atom stereocenters. The Morgan fingerprint density at radius 1 is 1.40 bits per heavy atom. The molecular formula is C13H12N4O3. The van der Waals surface area contributed by atoms with E-state index in [0.29, 0.717) is 5.56 Å². The van der Waals surface area contributed by atoms with E-state index < -0.39 is 5.91 Å². The predicted molar refractivity (Wildman–Crippen MR) is 71.8 cm³/mol. The van der Waals surface area contributed by atoms with Crippen molar-refractivity contribution >= 4 is 12.1 Å². The Balaban J connectivity index is 2.03. The third-order valence-electron chi connectivity index (χ3n) is 2.36. The number of phenols is 1. The average Bonchev–Trinajstić information content (AvgIpc) is 2.49. The van der Waals surface area contributed by atoms with E-state index in [1.165, 1.54) is 31.8 Å². The predicted octanol–water partition coefficient (Wildman–Crippen LogP) is 0.955. The molecule has 0 aliphatic heterocycles. The van der Waals surface area contributed by atoms with Crippen LogP contribution in [0.5, 0.6) is 11.6 Å². The van der Waals surface area contributed by atoms with Crippen LogP contribution in [0.4, 0.5) is 0 Å². The summed E-state index contributed by atoms with van der Waals surface area (Å²) in [5, 5.41) is 13.3. The third kappa shape index (κ3) is 3.29. The molecule has 1 amide bonds. The van der Waals surface area contributed by atoms with Gasteiger partial charge in [-0.2, -0.15) is 5.10 Å². The number of para-hydroxylation sites is 1. The topological polar surface area (TPSA) is 96.7 Å². The molecule has 2 rings (SSSR count). The monoisotopic (exact) mass is 272 g/mol. The molecule has 0 atom stereocenters. The van der Waals surface area contributed by atoms with Gasteiger partial charge in [0.05, 0.1) is 25.7 Å². The van der Waals surface area contributed by atoms with Crippen molar-refractivity contribution in [3.63, 3.8) is 0 Å². The van der Waals surface area contributed by atoms with Gasteiger partial charge in [-0.25, -0.2) is 10.4 Å². The van der Waals surface area contributed by atoms with Gasteiger partial charge in [0, 0.05) is 5.56 Å². The van der Waals surface area contributed by atoms with E-state index in [-0.39, 0.29) is 17.3 Å². The van der Waals surface area contributed by atoms with Crippen molar-refractivity contribution in [3.05, 3.63) is 47.9 Å². The first-order chi connectivity index (χ1) is 9.70. The summed E-state index contributed by atoms with van der Waals surface area (Å²) in [5.41, 5.74) is 2.86. The van der Waals surface area contributed by atoms with Crippen LogP contribution in [-0.4, -0.2) is 34.3 Å². The summed E-state index contributed by atoms with van der Waals surface area (Å²) in [6.45, 7) is 0. The molecule has 0 radical (unpaired) electrons. The quantitative estimate of drug-likeness (QED) is 0.638. The lowest BCUT2D eigenvalue weighted by molar-refractivity contribution is 0.0948. The van der Waals surface area contributed by atoms with Crippen LogP contribution >= 0.6 is 0 Å². The first kappa shape index (κ1) is 13.5. The largest absolute Gasteiger partial charge is 0.507 e.